The lowest BCUT2D eigenvalue weighted by atomic mass is 10.4. The average molecular weight is 238 g/mol. The van der Waals surface area contributed by atoms with E-state index in [2.05, 4.69) is 13.8 Å². The van der Waals surface area contributed by atoms with Gasteiger partial charge in [-0.25, -0.2) is 0 Å². The molecule has 0 aliphatic rings. The zero-order valence-electron chi connectivity index (χ0n) is 11.4. The van der Waals surface area contributed by atoms with Crippen LogP contribution in [-0.4, -0.2) is 49.9 Å². The molecule has 0 aromatic rings. The van der Waals surface area contributed by atoms with E-state index in [-0.39, 0.29) is 13.2 Å². The van der Waals surface area contributed by atoms with Gasteiger partial charge in [-0.1, -0.05) is 26.7 Å². The second kappa shape index (κ2) is 29.4. The summed E-state index contributed by atoms with van der Waals surface area (Å²) in [7, 11) is 0. The van der Waals surface area contributed by atoms with E-state index in [9.17, 15) is 0 Å². The molecule has 0 unspecified atom stereocenters. The fourth-order valence-electron chi connectivity index (χ4n) is 0.418. The quantitative estimate of drug-likeness (QED) is 0.664. The second-order valence-electron chi connectivity index (χ2n) is 2.84. The molecular weight excluding hydrogens is 208 g/mol. The highest BCUT2D eigenvalue weighted by Crippen LogP contribution is 1.76. The molecule has 4 nitrogen and oxygen atoms in total. The monoisotopic (exact) mass is 238 g/mol. The van der Waals surface area contributed by atoms with Crippen molar-refractivity contribution in [1.29, 1.82) is 0 Å². The van der Waals surface area contributed by atoms with E-state index in [1.165, 1.54) is 12.8 Å². The van der Waals surface area contributed by atoms with Crippen molar-refractivity contribution in [3.63, 3.8) is 0 Å². The van der Waals surface area contributed by atoms with E-state index in [1.807, 2.05) is 13.8 Å². The first-order chi connectivity index (χ1) is 7.74. The molecule has 16 heavy (non-hydrogen) atoms. The summed E-state index contributed by atoms with van der Waals surface area (Å²) in [6.07, 6.45) is 2.64. The van der Waals surface area contributed by atoms with E-state index in [0.29, 0.717) is 26.4 Å². The van der Waals surface area contributed by atoms with Gasteiger partial charge < -0.3 is 19.7 Å². The molecule has 2 N–H and O–H groups in total. The first-order valence-electron chi connectivity index (χ1n) is 6.12. The maximum atomic E-state index is 8.07. The Hall–Kier alpha value is -0.160. The highest BCUT2D eigenvalue weighted by atomic mass is 16.5. The van der Waals surface area contributed by atoms with E-state index >= 15 is 0 Å². The van der Waals surface area contributed by atoms with Gasteiger partial charge in [-0.15, -0.1) is 0 Å². The molecule has 0 saturated carbocycles. The van der Waals surface area contributed by atoms with Crippen molar-refractivity contribution in [1.82, 2.24) is 0 Å². The van der Waals surface area contributed by atoms with Crippen LogP contribution in [0.3, 0.4) is 0 Å². The Labute approximate surface area is 101 Å². The lowest BCUT2D eigenvalue weighted by Crippen LogP contribution is -1.96. The Morgan fingerprint density at radius 2 is 1.00 bits per heavy atom. The maximum Gasteiger partial charge on any atom is 0.0697 e. The lowest BCUT2D eigenvalue weighted by molar-refractivity contribution is 0.102. The Kier molecular flexibility index (Phi) is 38.8. The van der Waals surface area contributed by atoms with Crippen molar-refractivity contribution >= 4 is 0 Å². The van der Waals surface area contributed by atoms with Gasteiger partial charge in [-0.2, -0.15) is 0 Å². The topological polar surface area (TPSA) is 58.9 Å². The summed E-state index contributed by atoms with van der Waals surface area (Å²) in [5, 5.41) is 16.1. The number of rotatable bonds is 7. The van der Waals surface area contributed by atoms with Gasteiger partial charge in [0.25, 0.3) is 0 Å². The molecule has 4 heteroatoms. The minimum absolute atomic E-state index is 0.133. The molecule has 0 aliphatic heterocycles. The van der Waals surface area contributed by atoms with Crippen LogP contribution in [0.2, 0.25) is 0 Å². The highest BCUT2D eigenvalue weighted by Gasteiger charge is 1.74. The van der Waals surface area contributed by atoms with Crippen molar-refractivity contribution in [3.8, 4) is 0 Å². The Morgan fingerprint density at radius 1 is 0.688 bits per heavy atom. The Bertz CT molecular complexity index is 61.4. The zero-order chi connectivity index (χ0) is 13.1. The predicted molar refractivity (Wildman–Crippen MR) is 67.7 cm³/mol. The van der Waals surface area contributed by atoms with Crippen LogP contribution in [0.5, 0.6) is 0 Å². The molecule has 0 heterocycles. The smallest absolute Gasteiger partial charge is 0.0697 e. The van der Waals surface area contributed by atoms with E-state index in [0.717, 1.165) is 0 Å². The predicted octanol–water partition coefficient (Wildman–Crippen LogP) is 1.84. The number of aliphatic hydroxyl groups is 2. The van der Waals surface area contributed by atoms with Gasteiger partial charge in [0.15, 0.2) is 0 Å². The SMILES string of the molecule is CCCC.CCOCCO.CCOCCO. The standard InChI is InChI=1S/2C4H10O2.C4H10/c2*1-2-6-4-3-5;1-3-4-2/h2*5H,2-4H2,1H3;3-4H2,1-2H3. The molecule has 0 rings (SSSR count). The van der Waals surface area contributed by atoms with Crippen LogP contribution in [-0.2, 0) is 9.47 Å². The summed E-state index contributed by atoms with van der Waals surface area (Å²) in [6, 6.07) is 0. The second-order valence-corrected chi connectivity index (χ2v) is 2.84. The maximum absolute atomic E-state index is 8.07. The normalized spacial score (nSPS) is 8.62. The van der Waals surface area contributed by atoms with Crippen LogP contribution in [0.1, 0.15) is 40.5 Å². The van der Waals surface area contributed by atoms with Gasteiger partial charge in [0.2, 0.25) is 0 Å². The number of hydrogen-bond donors (Lipinski definition) is 2. The molecule has 0 saturated heterocycles. The van der Waals surface area contributed by atoms with Gasteiger partial charge in [-0.05, 0) is 13.8 Å². The third-order valence-electron chi connectivity index (χ3n) is 1.38. The van der Waals surface area contributed by atoms with Gasteiger partial charge in [0, 0.05) is 13.2 Å². The van der Waals surface area contributed by atoms with Gasteiger partial charge in [0.05, 0.1) is 26.4 Å². The zero-order valence-corrected chi connectivity index (χ0v) is 11.4. The summed E-state index contributed by atoms with van der Waals surface area (Å²) in [6.45, 7) is 10.8. The van der Waals surface area contributed by atoms with E-state index in [4.69, 9.17) is 19.7 Å². The number of unbranched alkanes of at least 4 members (excludes halogenated alkanes) is 1. The molecule has 0 spiro atoms. The minimum Gasteiger partial charge on any atom is -0.394 e. The van der Waals surface area contributed by atoms with Crippen molar-refractivity contribution in [3.05, 3.63) is 0 Å². The Morgan fingerprint density at radius 3 is 1.06 bits per heavy atom. The summed E-state index contributed by atoms with van der Waals surface area (Å²) in [5.41, 5.74) is 0. The molecule has 0 bridgehead atoms. The Balaban J connectivity index is -0.000000162. The van der Waals surface area contributed by atoms with Crippen LogP contribution in [0.4, 0.5) is 0 Å². The summed E-state index contributed by atoms with van der Waals surface area (Å²) < 4.78 is 9.47. The number of hydrogen-bond acceptors (Lipinski definition) is 4. The van der Waals surface area contributed by atoms with E-state index in [1.54, 1.807) is 0 Å². The largest absolute Gasteiger partial charge is 0.394 e. The molecule has 0 atom stereocenters. The first-order valence-corrected chi connectivity index (χ1v) is 6.12. The lowest BCUT2D eigenvalue weighted by Gasteiger charge is -1.91. The molecule has 0 radical (unpaired) electrons. The summed E-state index contributed by atoms with van der Waals surface area (Å²) in [5.74, 6) is 0. The van der Waals surface area contributed by atoms with Crippen molar-refractivity contribution in [2.24, 2.45) is 0 Å². The van der Waals surface area contributed by atoms with Crippen molar-refractivity contribution < 1.29 is 19.7 Å². The fraction of sp³-hybridized carbons (Fsp3) is 1.00. The van der Waals surface area contributed by atoms with Crippen LogP contribution in [0.25, 0.3) is 0 Å². The first kappa shape index (κ1) is 21.2. The minimum atomic E-state index is 0.133. The third kappa shape index (κ3) is 48.8. The third-order valence-corrected chi connectivity index (χ3v) is 1.38. The van der Waals surface area contributed by atoms with Crippen molar-refractivity contribution in [2.45, 2.75) is 40.5 Å². The van der Waals surface area contributed by atoms with Gasteiger partial charge in [-0.3, -0.25) is 0 Å². The molecule has 0 fully saturated rings. The molecule has 0 amide bonds. The average Bonchev–Trinajstić information content (AvgIpc) is 2.34. The van der Waals surface area contributed by atoms with Crippen LogP contribution in [0, 0.1) is 0 Å². The number of aliphatic hydroxyl groups excluding tert-OH is 2. The molecule has 0 aromatic heterocycles. The highest BCUT2D eigenvalue weighted by molar-refractivity contribution is 4.18. The van der Waals surface area contributed by atoms with Crippen LogP contribution in [0.15, 0.2) is 0 Å². The van der Waals surface area contributed by atoms with E-state index < -0.39 is 0 Å². The molecule has 0 aromatic carbocycles. The molecular formula is C12H30O4. The van der Waals surface area contributed by atoms with Crippen LogP contribution < -0.4 is 0 Å². The number of ether oxygens (including phenoxy) is 2. The van der Waals surface area contributed by atoms with Crippen molar-refractivity contribution in [2.75, 3.05) is 39.6 Å². The fourth-order valence-corrected chi connectivity index (χ4v) is 0.418. The summed E-state index contributed by atoms with van der Waals surface area (Å²) >= 11 is 0. The van der Waals surface area contributed by atoms with Crippen LogP contribution >= 0.6 is 0 Å². The molecule has 0 aliphatic carbocycles. The van der Waals surface area contributed by atoms with Gasteiger partial charge in [0.1, 0.15) is 0 Å². The molecule has 102 valence electrons. The van der Waals surface area contributed by atoms with Gasteiger partial charge >= 0.3 is 0 Å². The summed E-state index contributed by atoms with van der Waals surface area (Å²) in [4.78, 5) is 0.